The lowest BCUT2D eigenvalue weighted by Crippen LogP contribution is -2.47. The van der Waals surface area contributed by atoms with Crippen LogP contribution in [0, 0.1) is 0 Å². The van der Waals surface area contributed by atoms with Gasteiger partial charge in [0.1, 0.15) is 6.04 Å². The van der Waals surface area contributed by atoms with Crippen molar-refractivity contribution in [1.29, 1.82) is 0 Å². The van der Waals surface area contributed by atoms with Gasteiger partial charge >= 0.3 is 0 Å². The normalized spacial score (nSPS) is 15.8. The molecule has 1 heterocycles. The van der Waals surface area contributed by atoms with Gasteiger partial charge in [0.15, 0.2) is 0 Å². The van der Waals surface area contributed by atoms with Crippen molar-refractivity contribution in [2.24, 2.45) is 5.73 Å². The van der Waals surface area contributed by atoms with E-state index in [1.54, 1.807) is 16.7 Å². The Morgan fingerprint density at radius 1 is 0.935 bits per heavy atom. The molecule has 0 aromatic heterocycles. The summed E-state index contributed by atoms with van der Waals surface area (Å²) in [6.07, 6.45) is 5.76. The molecule has 0 spiro atoms. The Hall–Kier alpha value is -2.31. The quantitative estimate of drug-likeness (QED) is 0.522. The smallest absolute Gasteiger partial charge is 0.243 e. The van der Waals surface area contributed by atoms with Gasteiger partial charge in [-0.1, -0.05) is 73.9 Å². The lowest BCUT2D eigenvalue weighted by atomic mass is 10.0. The van der Waals surface area contributed by atoms with E-state index in [4.69, 9.17) is 5.73 Å². The topological polar surface area (TPSA) is 75.4 Å². The average Bonchev–Trinajstić information content (AvgIpc) is 3.30. The van der Waals surface area contributed by atoms with Gasteiger partial charge in [0.2, 0.25) is 11.8 Å². The first-order chi connectivity index (χ1) is 15.2. The number of carbonyl (C=O) groups excluding carboxylic acids is 2. The van der Waals surface area contributed by atoms with Crippen molar-refractivity contribution in [2.75, 3.05) is 24.7 Å². The van der Waals surface area contributed by atoms with E-state index in [1.165, 1.54) is 0 Å². The first-order valence-corrected chi connectivity index (χ1v) is 12.3. The molecule has 0 bridgehead atoms. The number of carbonyl (C=O) groups is 2. The predicted octanol–water partition coefficient (Wildman–Crippen LogP) is 3.82. The number of unbranched alkanes of at least 4 members (excludes halogenated alkanes) is 4. The van der Waals surface area contributed by atoms with Gasteiger partial charge in [-0.05, 0) is 36.1 Å². The van der Waals surface area contributed by atoms with Gasteiger partial charge in [0, 0.05) is 12.3 Å². The molecule has 3 N–H and O–H groups in total. The number of nitrogens with two attached hydrogens (primary N) is 1. The van der Waals surface area contributed by atoms with Gasteiger partial charge < -0.3 is 16.0 Å². The van der Waals surface area contributed by atoms with Crippen LogP contribution in [0.2, 0.25) is 0 Å². The molecule has 1 atom stereocenters. The van der Waals surface area contributed by atoms with Gasteiger partial charge in [0.25, 0.3) is 0 Å². The second kappa shape index (κ2) is 12.5. The minimum atomic E-state index is -0.363. The molecule has 31 heavy (non-hydrogen) atoms. The van der Waals surface area contributed by atoms with Crippen molar-refractivity contribution >= 4 is 23.6 Å². The minimum Gasteiger partial charge on any atom is -0.354 e. The van der Waals surface area contributed by atoms with Crippen molar-refractivity contribution in [1.82, 2.24) is 10.2 Å². The van der Waals surface area contributed by atoms with Gasteiger partial charge in [-0.2, -0.15) is 0 Å². The lowest BCUT2D eigenvalue weighted by molar-refractivity contribution is -0.137. The summed E-state index contributed by atoms with van der Waals surface area (Å²) < 4.78 is 0. The van der Waals surface area contributed by atoms with E-state index < -0.39 is 0 Å². The zero-order chi connectivity index (χ0) is 21.9. The molecule has 166 valence electrons. The SMILES string of the molecule is NCCCCCCCNC(=O)C1CSCN1C(=O)Cc1ccc(-c2ccccc2)cc1. The Bertz CT molecular complexity index is 826. The lowest BCUT2D eigenvalue weighted by Gasteiger charge is -2.23. The Kier molecular flexibility index (Phi) is 9.43. The second-order valence-corrected chi connectivity index (χ2v) is 8.97. The summed E-state index contributed by atoms with van der Waals surface area (Å²) in [7, 11) is 0. The highest BCUT2D eigenvalue weighted by Crippen LogP contribution is 2.23. The van der Waals surface area contributed by atoms with Crippen LogP contribution in [-0.2, 0) is 16.0 Å². The van der Waals surface area contributed by atoms with Crippen molar-refractivity contribution in [3.05, 3.63) is 60.2 Å². The fraction of sp³-hybridized carbons (Fsp3) is 0.440. The Labute approximate surface area is 189 Å². The van der Waals surface area contributed by atoms with E-state index in [9.17, 15) is 9.59 Å². The molecule has 0 saturated carbocycles. The number of nitrogens with one attached hydrogen (secondary N) is 1. The molecule has 2 aromatic rings. The summed E-state index contributed by atoms with van der Waals surface area (Å²) in [6, 6.07) is 17.9. The molecule has 1 unspecified atom stereocenters. The van der Waals surface area contributed by atoms with Crippen LogP contribution < -0.4 is 11.1 Å². The van der Waals surface area contributed by atoms with Crippen LogP contribution >= 0.6 is 11.8 Å². The Balaban J connectivity index is 1.46. The molecule has 3 rings (SSSR count). The van der Waals surface area contributed by atoms with E-state index in [0.29, 0.717) is 24.6 Å². The maximum Gasteiger partial charge on any atom is 0.243 e. The third-order valence-corrected chi connectivity index (χ3v) is 6.61. The van der Waals surface area contributed by atoms with Gasteiger partial charge in [-0.15, -0.1) is 11.8 Å². The third-order valence-electron chi connectivity index (χ3n) is 5.60. The number of hydrogen-bond acceptors (Lipinski definition) is 4. The van der Waals surface area contributed by atoms with Crippen LogP contribution in [0.15, 0.2) is 54.6 Å². The molecule has 2 amide bonds. The first kappa shape index (κ1) is 23.4. The van der Waals surface area contributed by atoms with Crippen LogP contribution in [0.5, 0.6) is 0 Å². The van der Waals surface area contributed by atoms with E-state index in [1.807, 2.05) is 30.3 Å². The maximum absolute atomic E-state index is 12.9. The van der Waals surface area contributed by atoms with E-state index in [2.05, 4.69) is 29.6 Å². The molecule has 1 aliphatic heterocycles. The second-order valence-electron chi connectivity index (χ2n) is 7.97. The zero-order valence-electron chi connectivity index (χ0n) is 18.1. The van der Waals surface area contributed by atoms with Crippen LogP contribution in [0.4, 0.5) is 0 Å². The summed E-state index contributed by atoms with van der Waals surface area (Å²) in [6.45, 7) is 1.42. The molecule has 2 aromatic carbocycles. The summed E-state index contributed by atoms with van der Waals surface area (Å²) in [5, 5.41) is 3.02. The number of benzene rings is 2. The van der Waals surface area contributed by atoms with Crippen molar-refractivity contribution < 1.29 is 9.59 Å². The predicted molar refractivity (Wildman–Crippen MR) is 129 cm³/mol. The zero-order valence-corrected chi connectivity index (χ0v) is 18.9. The standard InChI is InChI=1S/C25H33N3O2S/c26-15-7-2-1-3-8-16-27-25(30)23-18-31-19-28(23)24(29)17-20-11-13-22(14-12-20)21-9-5-4-6-10-21/h4-6,9-14,23H,1-3,7-8,15-19,26H2,(H,27,30). The number of thioether (sulfide) groups is 1. The van der Waals surface area contributed by atoms with Crippen LogP contribution in [0.1, 0.15) is 37.7 Å². The fourth-order valence-electron chi connectivity index (χ4n) is 3.76. The maximum atomic E-state index is 12.9. The largest absolute Gasteiger partial charge is 0.354 e. The molecule has 5 nitrogen and oxygen atoms in total. The van der Waals surface area contributed by atoms with Crippen LogP contribution in [0.25, 0.3) is 11.1 Å². The molecule has 1 aliphatic rings. The molecular weight excluding hydrogens is 406 g/mol. The molecule has 6 heteroatoms. The molecule has 1 saturated heterocycles. The molecular formula is C25H33N3O2S. The van der Waals surface area contributed by atoms with Gasteiger partial charge in [-0.25, -0.2) is 0 Å². The highest BCUT2D eigenvalue weighted by atomic mass is 32.2. The highest BCUT2D eigenvalue weighted by Gasteiger charge is 2.34. The van der Waals surface area contributed by atoms with Gasteiger partial charge in [-0.3, -0.25) is 9.59 Å². The number of rotatable bonds is 11. The van der Waals surface area contributed by atoms with Crippen LogP contribution in [-0.4, -0.2) is 47.5 Å². The first-order valence-electron chi connectivity index (χ1n) is 11.2. The molecule has 0 radical (unpaired) electrons. The monoisotopic (exact) mass is 439 g/mol. The van der Waals surface area contributed by atoms with Crippen molar-refractivity contribution in [2.45, 2.75) is 44.6 Å². The molecule has 1 fully saturated rings. The molecule has 0 aliphatic carbocycles. The Morgan fingerprint density at radius 3 is 2.35 bits per heavy atom. The third kappa shape index (κ3) is 7.11. The summed E-state index contributed by atoms with van der Waals surface area (Å²) >= 11 is 1.64. The summed E-state index contributed by atoms with van der Waals surface area (Å²) in [5.41, 5.74) is 8.77. The van der Waals surface area contributed by atoms with Crippen molar-refractivity contribution in [3.8, 4) is 11.1 Å². The number of nitrogens with zero attached hydrogens (tertiary/aromatic N) is 1. The van der Waals surface area contributed by atoms with E-state index in [-0.39, 0.29) is 17.9 Å². The summed E-state index contributed by atoms with van der Waals surface area (Å²) in [4.78, 5) is 27.2. The minimum absolute atomic E-state index is 0.0133. The summed E-state index contributed by atoms with van der Waals surface area (Å²) in [5.74, 6) is 1.23. The van der Waals surface area contributed by atoms with Gasteiger partial charge in [0.05, 0.1) is 12.3 Å². The fourth-order valence-corrected chi connectivity index (χ4v) is 4.94. The number of hydrogen-bond donors (Lipinski definition) is 2. The van der Waals surface area contributed by atoms with Crippen LogP contribution in [0.3, 0.4) is 0 Å². The Morgan fingerprint density at radius 2 is 1.61 bits per heavy atom. The number of amides is 2. The van der Waals surface area contributed by atoms with E-state index >= 15 is 0 Å². The van der Waals surface area contributed by atoms with E-state index in [0.717, 1.165) is 55.3 Å². The average molecular weight is 440 g/mol. The highest BCUT2D eigenvalue weighted by molar-refractivity contribution is 7.99. The van der Waals surface area contributed by atoms with Crippen molar-refractivity contribution in [3.63, 3.8) is 0 Å².